The van der Waals surface area contributed by atoms with Crippen molar-refractivity contribution in [3.8, 4) is 5.88 Å². The number of thiophene rings is 1. The van der Waals surface area contributed by atoms with Gasteiger partial charge in [-0.05, 0) is 37.2 Å². The van der Waals surface area contributed by atoms with Crippen LogP contribution < -0.4 is 10.1 Å². The minimum Gasteiger partial charge on any atom is -0.467 e. The van der Waals surface area contributed by atoms with E-state index in [-0.39, 0.29) is 30.1 Å². The van der Waals surface area contributed by atoms with E-state index in [2.05, 4.69) is 22.2 Å². The molecule has 2 atom stereocenters. The first kappa shape index (κ1) is 17.7. The second-order valence-electron chi connectivity index (χ2n) is 7.17. The average Bonchev–Trinajstić information content (AvgIpc) is 3.11. The van der Waals surface area contributed by atoms with Gasteiger partial charge in [0.1, 0.15) is 11.2 Å². The van der Waals surface area contributed by atoms with Crippen LogP contribution in [-0.4, -0.2) is 48.4 Å². The highest BCUT2D eigenvalue weighted by atomic mass is 32.2. The summed E-state index contributed by atoms with van der Waals surface area (Å²) in [6, 6.07) is -0.322. The number of hydrogen-bond donors (Lipinski definition) is 1. The van der Waals surface area contributed by atoms with E-state index >= 15 is 0 Å². The number of carbonyl (C=O) groups is 1. The molecule has 2 aliphatic rings. The van der Waals surface area contributed by atoms with Gasteiger partial charge in [0.15, 0.2) is 16.4 Å². The molecule has 2 aromatic heterocycles. The van der Waals surface area contributed by atoms with E-state index < -0.39 is 9.84 Å². The summed E-state index contributed by atoms with van der Waals surface area (Å²) < 4.78 is 28.6. The fourth-order valence-corrected chi connectivity index (χ4v) is 6.68. The average molecular weight is 396 g/mol. The normalized spacial score (nSPS) is 24.3. The summed E-state index contributed by atoms with van der Waals surface area (Å²) in [7, 11) is -3.02. The van der Waals surface area contributed by atoms with E-state index in [1.54, 1.807) is 11.3 Å². The van der Waals surface area contributed by atoms with Crippen LogP contribution in [0.2, 0.25) is 0 Å². The number of hydrogen-bond acceptors (Lipinski definition) is 7. The Labute approximate surface area is 156 Å². The molecule has 1 N–H and O–H groups in total. The second-order valence-corrected chi connectivity index (χ2v) is 10.5. The van der Waals surface area contributed by atoms with Gasteiger partial charge in [-0.15, -0.1) is 11.3 Å². The number of fused-ring (bicyclic) bond motifs is 3. The SMILES string of the molecule is C[C@@H]1CCc2c(sc3ncnc(OCC(=O)N[C@@H]4CCS(=O)(=O)C4)c23)C1. The number of sulfone groups is 1. The Morgan fingerprint density at radius 3 is 3.00 bits per heavy atom. The van der Waals surface area contributed by atoms with Crippen LogP contribution >= 0.6 is 11.3 Å². The fraction of sp³-hybridized carbons (Fsp3) is 0.588. The van der Waals surface area contributed by atoms with Gasteiger partial charge in [0.05, 0.1) is 16.9 Å². The summed E-state index contributed by atoms with van der Waals surface area (Å²) in [5, 5.41) is 3.66. The quantitative estimate of drug-likeness (QED) is 0.842. The fourth-order valence-electron chi connectivity index (χ4n) is 3.67. The van der Waals surface area contributed by atoms with Crippen LogP contribution in [0, 0.1) is 5.92 Å². The maximum atomic E-state index is 12.1. The van der Waals surface area contributed by atoms with E-state index in [1.807, 2.05) is 0 Å². The Kier molecular flexibility index (Phi) is 4.60. The van der Waals surface area contributed by atoms with Gasteiger partial charge in [0, 0.05) is 10.9 Å². The Morgan fingerprint density at radius 1 is 1.38 bits per heavy atom. The molecule has 0 bridgehead atoms. The third-order valence-corrected chi connectivity index (χ3v) is 7.92. The number of nitrogens with zero attached hydrogens (tertiary/aromatic N) is 2. The molecule has 0 radical (unpaired) electrons. The Morgan fingerprint density at radius 2 is 2.23 bits per heavy atom. The molecule has 26 heavy (non-hydrogen) atoms. The third-order valence-electron chi connectivity index (χ3n) is 4.99. The lowest BCUT2D eigenvalue weighted by molar-refractivity contribution is -0.123. The predicted octanol–water partition coefficient (Wildman–Crippen LogP) is 1.50. The minimum absolute atomic E-state index is 0.00666. The molecule has 1 fully saturated rings. The second kappa shape index (κ2) is 6.77. The zero-order valence-corrected chi connectivity index (χ0v) is 16.2. The lowest BCUT2D eigenvalue weighted by Gasteiger charge is -2.18. The highest BCUT2D eigenvalue weighted by molar-refractivity contribution is 7.91. The van der Waals surface area contributed by atoms with Gasteiger partial charge in [-0.2, -0.15) is 0 Å². The highest BCUT2D eigenvalue weighted by Crippen LogP contribution is 2.40. The van der Waals surface area contributed by atoms with Crippen LogP contribution in [0.5, 0.6) is 5.88 Å². The van der Waals surface area contributed by atoms with E-state index in [4.69, 9.17) is 4.74 Å². The first-order valence-corrected chi connectivity index (χ1v) is 11.4. The molecule has 1 saturated heterocycles. The summed E-state index contributed by atoms with van der Waals surface area (Å²) in [5.41, 5.74) is 1.25. The number of nitrogens with one attached hydrogen (secondary N) is 1. The number of aromatic nitrogens is 2. The number of rotatable bonds is 4. The summed E-state index contributed by atoms with van der Waals surface area (Å²) >= 11 is 1.68. The van der Waals surface area contributed by atoms with Gasteiger partial charge in [-0.1, -0.05) is 6.92 Å². The van der Waals surface area contributed by atoms with Crippen LogP contribution in [0.25, 0.3) is 10.2 Å². The molecule has 1 aliphatic carbocycles. The van der Waals surface area contributed by atoms with Crippen molar-refractivity contribution in [2.75, 3.05) is 18.1 Å². The third kappa shape index (κ3) is 3.55. The largest absolute Gasteiger partial charge is 0.467 e. The molecule has 0 spiro atoms. The molecule has 4 rings (SSSR count). The molecule has 0 unspecified atom stereocenters. The summed E-state index contributed by atoms with van der Waals surface area (Å²) in [6.45, 7) is 2.08. The van der Waals surface area contributed by atoms with Gasteiger partial charge in [-0.3, -0.25) is 4.79 Å². The van der Waals surface area contributed by atoms with Crippen molar-refractivity contribution in [2.45, 2.75) is 38.6 Å². The van der Waals surface area contributed by atoms with Crippen LogP contribution in [-0.2, 0) is 27.5 Å². The maximum Gasteiger partial charge on any atom is 0.258 e. The van der Waals surface area contributed by atoms with Crippen molar-refractivity contribution in [1.29, 1.82) is 0 Å². The smallest absolute Gasteiger partial charge is 0.258 e. The monoisotopic (exact) mass is 395 g/mol. The van der Waals surface area contributed by atoms with Crippen molar-refractivity contribution < 1.29 is 17.9 Å². The number of amides is 1. The topological polar surface area (TPSA) is 98.2 Å². The summed E-state index contributed by atoms with van der Waals surface area (Å²) in [5.74, 6) is 0.923. The standard InChI is InChI=1S/C17H21N3O4S2/c1-10-2-3-12-13(6-10)25-17-15(12)16(18-9-19-17)24-7-14(21)20-11-4-5-26(22,23)8-11/h9-11H,2-8H2,1H3,(H,20,21)/t10-,11-/m1/s1. The molecule has 140 valence electrons. The number of ether oxygens (including phenoxy) is 1. The predicted molar refractivity (Wildman–Crippen MR) is 99.3 cm³/mol. The number of aryl methyl sites for hydroxylation is 1. The van der Waals surface area contributed by atoms with Crippen LogP contribution in [0.3, 0.4) is 0 Å². The zero-order chi connectivity index (χ0) is 18.3. The van der Waals surface area contributed by atoms with Crippen molar-refractivity contribution >= 4 is 37.3 Å². The van der Waals surface area contributed by atoms with Gasteiger partial charge in [0.25, 0.3) is 5.91 Å². The molecule has 1 amide bonds. The molecule has 0 saturated carbocycles. The first-order valence-electron chi connectivity index (χ1n) is 8.79. The van der Waals surface area contributed by atoms with E-state index in [9.17, 15) is 13.2 Å². The first-order chi connectivity index (χ1) is 12.4. The zero-order valence-electron chi connectivity index (χ0n) is 14.5. The molecule has 1 aliphatic heterocycles. The Hall–Kier alpha value is -1.74. The highest BCUT2D eigenvalue weighted by Gasteiger charge is 2.29. The molecule has 7 nitrogen and oxygen atoms in total. The van der Waals surface area contributed by atoms with E-state index in [0.29, 0.717) is 18.2 Å². The van der Waals surface area contributed by atoms with Crippen molar-refractivity contribution in [1.82, 2.24) is 15.3 Å². The molecular weight excluding hydrogens is 374 g/mol. The van der Waals surface area contributed by atoms with Gasteiger partial charge in [-0.25, -0.2) is 18.4 Å². The molecule has 0 aromatic carbocycles. The van der Waals surface area contributed by atoms with E-state index in [1.165, 1.54) is 16.8 Å². The van der Waals surface area contributed by atoms with Crippen LogP contribution in [0.1, 0.15) is 30.2 Å². The molecule has 2 aromatic rings. The number of carbonyl (C=O) groups excluding carboxylic acids is 1. The van der Waals surface area contributed by atoms with Crippen molar-refractivity contribution in [2.24, 2.45) is 5.92 Å². The summed E-state index contributed by atoms with van der Waals surface area (Å²) in [4.78, 5) is 22.9. The Bertz CT molecular complexity index is 954. The van der Waals surface area contributed by atoms with Gasteiger partial charge >= 0.3 is 0 Å². The van der Waals surface area contributed by atoms with Gasteiger partial charge < -0.3 is 10.1 Å². The van der Waals surface area contributed by atoms with Crippen molar-refractivity contribution in [3.05, 3.63) is 16.8 Å². The summed E-state index contributed by atoms with van der Waals surface area (Å²) in [6.07, 6.45) is 5.08. The lowest BCUT2D eigenvalue weighted by atomic mass is 9.89. The maximum absolute atomic E-state index is 12.1. The van der Waals surface area contributed by atoms with E-state index in [0.717, 1.165) is 29.5 Å². The van der Waals surface area contributed by atoms with Gasteiger partial charge in [0.2, 0.25) is 5.88 Å². The van der Waals surface area contributed by atoms with Crippen LogP contribution in [0.15, 0.2) is 6.33 Å². The van der Waals surface area contributed by atoms with Crippen LogP contribution in [0.4, 0.5) is 0 Å². The Balaban J connectivity index is 1.47. The molecular formula is C17H21N3O4S2. The minimum atomic E-state index is -3.02. The molecule has 3 heterocycles. The lowest BCUT2D eigenvalue weighted by Crippen LogP contribution is -2.38. The molecule has 9 heteroatoms. The van der Waals surface area contributed by atoms with Crippen molar-refractivity contribution in [3.63, 3.8) is 0 Å².